The third-order valence-electron chi connectivity index (χ3n) is 4.85. The van der Waals surface area contributed by atoms with E-state index in [0.29, 0.717) is 28.9 Å². The Bertz CT molecular complexity index is 1090. The van der Waals surface area contributed by atoms with Crippen LogP contribution in [0.15, 0.2) is 42.5 Å². The van der Waals surface area contributed by atoms with Gasteiger partial charge in [0.05, 0.1) is 11.9 Å². The second-order valence-corrected chi connectivity index (χ2v) is 9.39. The largest absolute Gasteiger partial charge is 0.354 e. The Balaban J connectivity index is 2.38. The lowest BCUT2D eigenvalue weighted by Crippen LogP contribution is -2.51. The van der Waals surface area contributed by atoms with Gasteiger partial charge >= 0.3 is 0 Å². The fraction of sp³-hybridized carbons (Fsp3) is 0.364. The maximum Gasteiger partial charge on any atom is 0.244 e. The van der Waals surface area contributed by atoms with Gasteiger partial charge in [0.15, 0.2) is 11.6 Å². The Morgan fingerprint density at radius 2 is 1.67 bits per heavy atom. The lowest BCUT2D eigenvalue weighted by Gasteiger charge is -2.31. The molecule has 0 saturated carbocycles. The number of hydrogen-bond acceptors (Lipinski definition) is 4. The Morgan fingerprint density at radius 1 is 1.03 bits per heavy atom. The number of anilines is 1. The van der Waals surface area contributed by atoms with E-state index >= 15 is 0 Å². The molecule has 33 heavy (non-hydrogen) atoms. The molecule has 0 saturated heterocycles. The molecule has 0 unspecified atom stereocenters. The van der Waals surface area contributed by atoms with Crippen molar-refractivity contribution in [3.8, 4) is 0 Å². The second kappa shape index (κ2) is 11.2. The van der Waals surface area contributed by atoms with Crippen molar-refractivity contribution in [1.29, 1.82) is 0 Å². The van der Waals surface area contributed by atoms with Gasteiger partial charge in [-0.3, -0.25) is 13.9 Å². The molecular weight excluding hydrogens is 459 g/mol. The zero-order valence-corrected chi connectivity index (χ0v) is 19.3. The summed E-state index contributed by atoms with van der Waals surface area (Å²) in [7, 11) is -4.07. The van der Waals surface area contributed by atoms with Gasteiger partial charge in [-0.05, 0) is 43.2 Å². The summed E-state index contributed by atoms with van der Waals surface area (Å²) in [4.78, 5) is 26.9. The number of rotatable bonds is 10. The van der Waals surface area contributed by atoms with E-state index in [2.05, 4.69) is 5.32 Å². The summed E-state index contributed by atoms with van der Waals surface area (Å²) in [6.45, 7) is 2.87. The molecule has 0 bridgehead atoms. The van der Waals surface area contributed by atoms with E-state index in [-0.39, 0.29) is 12.2 Å². The van der Waals surface area contributed by atoms with Crippen molar-refractivity contribution < 1.29 is 31.2 Å². The van der Waals surface area contributed by atoms with E-state index in [4.69, 9.17) is 0 Å². The maximum absolute atomic E-state index is 13.7. The van der Waals surface area contributed by atoms with Gasteiger partial charge in [-0.15, -0.1) is 0 Å². The molecule has 0 fully saturated rings. The van der Waals surface area contributed by atoms with E-state index in [0.717, 1.165) is 23.3 Å². The molecule has 0 aliphatic rings. The van der Waals surface area contributed by atoms with Gasteiger partial charge in [0.25, 0.3) is 0 Å². The molecule has 2 amide bonds. The zero-order valence-electron chi connectivity index (χ0n) is 18.5. The lowest BCUT2D eigenvalue weighted by atomic mass is 10.1. The molecule has 2 aromatic rings. The number of benzene rings is 2. The van der Waals surface area contributed by atoms with Crippen molar-refractivity contribution in [2.45, 2.75) is 32.9 Å². The average molecular weight is 486 g/mol. The van der Waals surface area contributed by atoms with Crippen LogP contribution in [0.3, 0.4) is 0 Å². The van der Waals surface area contributed by atoms with Crippen LogP contribution >= 0.6 is 0 Å². The number of carbonyl (C=O) groups is 2. The number of carbonyl (C=O) groups excluding carboxylic acids is 2. The first-order chi connectivity index (χ1) is 15.4. The molecule has 1 N–H and O–H groups in total. The molecule has 0 aromatic heterocycles. The molecular formula is C22H26F3N3O4S. The van der Waals surface area contributed by atoms with E-state index in [1.54, 1.807) is 0 Å². The summed E-state index contributed by atoms with van der Waals surface area (Å²) in [6, 6.07) is 6.75. The molecule has 0 spiro atoms. The molecule has 0 radical (unpaired) electrons. The van der Waals surface area contributed by atoms with Crippen LogP contribution in [-0.2, 0) is 26.2 Å². The molecule has 2 rings (SSSR count). The summed E-state index contributed by atoms with van der Waals surface area (Å²) in [6.07, 6.45) is 1.49. The Kier molecular flexibility index (Phi) is 8.86. The molecule has 2 aromatic carbocycles. The van der Waals surface area contributed by atoms with E-state index < -0.39 is 51.9 Å². The molecule has 11 heteroatoms. The van der Waals surface area contributed by atoms with Gasteiger partial charge in [0.2, 0.25) is 21.8 Å². The molecule has 180 valence electrons. The van der Waals surface area contributed by atoms with Gasteiger partial charge in [0.1, 0.15) is 18.4 Å². The number of halogens is 3. The fourth-order valence-corrected chi connectivity index (χ4v) is 3.86. The molecule has 0 aliphatic heterocycles. The molecule has 0 aliphatic carbocycles. The number of nitrogens with one attached hydrogen (secondary N) is 1. The third-order valence-corrected chi connectivity index (χ3v) is 5.99. The van der Waals surface area contributed by atoms with Crippen LogP contribution in [0, 0.1) is 17.5 Å². The topological polar surface area (TPSA) is 86.8 Å². The summed E-state index contributed by atoms with van der Waals surface area (Å²) in [5.41, 5.74) is 0.271. The summed E-state index contributed by atoms with van der Waals surface area (Å²) >= 11 is 0. The maximum atomic E-state index is 13.7. The minimum Gasteiger partial charge on any atom is -0.354 e. The predicted molar refractivity (Wildman–Crippen MR) is 118 cm³/mol. The van der Waals surface area contributed by atoms with Gasteiger partial charge in [-0.1, -0.05) is 19.1 Å². The van der Waals surface area contributed by atoms with Crippen LogP contribution in [0.5, 0.6) is 0 Å². The lowest BCUT2D eigenvalue weighted by molar-refractivity contribution is -0.139. The quantitative estimate of drug-likeness (QED) is 0.561. The monoisotopic (exact) mass is 485 g/mol. The van der Waals surface area contributed by atoms with Crippen LogP contribution in [0.1, 0.15) is 25.8 Å². The molecule has 7 nitrogen and oxygen atoms in total. The third kappa shape index (κ3) is 7.21. The van der Waals surface area contributed by atoms with Crippen LogP contribution < -0.4 is 9.62 Å². The van der Waals surface area contributed by atoms with Crippen molar-refractivity contribution >= 4 is 27.5 Å². The van der Waals surface area contributed by atoms with Crippen LogP contribution in [0.4, 0.5) is 18.9 Å². The number of hydrogen-bond donors (Lipinski definition) is 1. The van der Waals surface area contributed by atoms with Crippen LogP contribution in [-0.4, -0.2) is 50.5 Å². The standard InChI is InChI=1S/C22H26F3N3O4S/c1-4-11-26-22(30)15(2)27(13-16-5-7-17(23)8-6-16)21(29)14-28(33(3,31)32)18-9-10-19(24)20(25)12-18/h5-10,12,15H,4,11,13-14H2,1-3H3,(H,26,30)/t15-/m1/s1. The minimum absolute atomic E-state index is 0.102. The average Bonchev–Trinajstić information content (AvgIpc) is 2.76. The SMILES string of the molecule is CCCNC(=O)[C@@H](C)N(Cc1ccc(F)cc1)C(=O)CN(c1ccc(F)c(F)c1)S(C)(=O)=O. The number of amides is 2. The van der Waals surface area contributed by atoms with Crippen molar-refractivity contribution in [3.63, 3.8) is 0 Å². The smallest absolute Gasteiger partial charge is 0.244 e. The van der Waals surface area contributed by atoms with E-state index in [1.807, 2.05) is 6.92 Å². The Labute approximate surface area is 191 Å². The normalized spacial score (nSPS) is 12.2. The Morgan fingerprint density at radius 3 is 2.21 bits per heavy atom. The van der Waals surface area contributed by atoms with Crippen molar-refractivity contribution in [1.82, 2.24) is 10.2 Å². The van der Waals surface area contributed by atoms with E-state index in [9.17, 15) is 31.2 Å². The first-order valence-corrected chi connectivity index (χ1v) is 12.0. The van der Waals surface area contributed by atoms with Crippen molar-refractivity contribution in [2.24, 2.45) is 0 Å². The van der Waals surface area contributed by atoms with Gasteiger partial charge < -0.3 is 10.2 Å². The highest BCUT2D eigenvalue weighted by molar-refractivity contribution is 7.92. The number of sulfonamides is 1. The summed E-state index contributed by atoms with van der Waals surface area (Å²) in [5, 5.41) is 2.68. The van der Waals surface area contributed by atoms with Gasteiger partial charge in [-0.25, -0.2) is 21.6 Å². The number of nitrogens with zero attached hydrogens (tertiary/aromatic N) is 2. The highest BCUT2D eigenvalue weighted by Crippen LogP contribution is 2.21. The van der Waals surface area contributed by atoms with E-state index in [1.165, 1.54) is 31.2 Å². The van der Waals surface area contributed by atoms with Crippen molar-refractivity contribution in [2.75, 3.05) is 23.7 Å². The predicted octanol–water partition coefficient (Wildman–Crippen LogP) is 2.81. The molecule has 0 heterocycles. The highest BCUT2D eigenvalue weighted by atomic mass is 32.2. The van der Waals surface area contributed by atoms with Crippen LogP contribution in [0.2, 0.25) is 0 Å². The second-order valence-electron chi connectivity index (χ2n) is 7.48. The Hall–Kier alpha value is -3.08. The van der Waals surface area contributed by atoms with Gasteiger partial charge in [-0.2, -0.15) is 0 Å². The first kappa shape index (κ1) is 26.2. The van der Waals surface area contributed by atoms with Gasteiger partial charge in [0, 0.05) is 19.2 Å². The summed E-state index contributed by atoms with van der Waals surface area (Å²) in [5.74, 6) is -4.13. The molecule has 1 atom stereocenters. The van der Waals surface area contributed by atoms with Crippen molar-refractivity contribution in [3.05, 3.63) is 65.5 Å². The van der Waals surface area contributed by atoms with Crippen LogP contribution in [0.25, 0.3) is 0 Å². The minimum atomic E-state index is -4.07. The zero-order chi connectivity index (χ0) is 24.8. The fourth-order valence-electron chi connectivity index (χ4n) is 3.02. The first-order valence-electron chi connectivity index (χ1n) is 10.2. The summed E-state index contributed by atoms with van der Waals surface area (Å²) < 4.78 is 65.7. The highest BCUT2D eigenvalue weighted by Gasteiger charge is 2.30.